The molecule has 0 bridgehead atoms. The highest BCUT2D eigenvalue weighted by Crippen LogP contribution is 2.31. The monoisotopic (exact) mass is 336 g/mol. The fourth-order valence-electron chi connectivity index (χ4n) is 2.64. The SMILES string of the molecule is CCOC(=O)C1=C(C)N(CCOC)C(=O)N[C@H]1c1cccc(F)c1. The summed E-state index contributed by atoms with van der Waals surface area (Å²) in [5.41, 5.74) is 1.25. The maximum atomic E-state index is 13.6. The summed E-state index contributed by atoms with van der Waals surface area (Å²) in [4.78, 5) is 26.2. The highest BCUT2D eigenvalue weighted by molar-refractivity contribution is 5.95. The van der Waals surface area contributed by atoms with Gasteiger partial charge in [-0.25, -0.2) is 14.0 Å². The van der Waals surface area contributed by atoms with Crippen LogP contribution < -0.4 is 5.32 Å². The molecule has 130 valence electrons. The van der Waals surface area contributed by atoms with E-state index < -0.39 is 17.8 Å². The molecule has 1 N–H and O–H groups in total. The summed E-state index contributed by atoms with van der Waals surface area (Å²) in [6, 6.07) is 4.66. The third kappa shape index (κ3) is 3.73. The van der Waals surface area contributed by atoms with Crippen LogP contribution in [0.15, 0.2) is 35.5 Å². The summed E-state index contributed by atoms with van der Waals surface area (Å²) in [7, 11) is 1.53. The third-order valence-corrected chi connectivity index (χ3v) is 3.79. The number of methoxy groups -OCH3 is 1. The van der Waals surface area contributed by atoms with Gasteiger partial charge in [0.25, 0.3) is 0 Å². The molecule has 7 heteroatoms. The number of esters is 1. The molecule has 1 aliphatic heterocycles. The van der Waals surface area contributed by atoms with Crippen molar-refractivity contribution in [1.29, 1.82) is 0 Å². The van der Waals surface area contributed by atoms with Gasteiger partial charge in [0.1, 0.15) is 5.82 Å². The molecule has 0 unspecified atom stereocenters. The lowest BCUT2D eigenvalue weighted by Gasteiger charge is -2.35. The normalized spacial score (nSPS) is 17.8. The number of ether oxygens (including phenoxy) is 2. The van der Waals surface area contributed by atoms with Gasteiger partial charge < -0.3 is 14.8 Å². The molecule has 0 fully saturated rings. The average molecular weight is 336 g/mol. The smallest absolute Gasteiger partial charge is 0.338 e. The first-order chi connectivity index (χ1) is 11.5. The molecule has 24 heavy (non-hydrogen) atoms. The Kier molecular flexibility index (Phi) is 5.92. The molecule has 0 spiro atoms. The molecule has 2 amide bonds. The van der Waals surface area contributed by atoms with E-state index in [-0.39, 0.29) is 18.2 Å². The minimum Gasteiger partial charge on any atom is -0.463 e. The number of nitrogens with zero attached hydrogens (tertiary/aromatic N) is 1. The van der Waals surface area contributed by atoms with Crippen LogP contribution in [0.5, 0.6) is 0 Å². The highest BCUT2D eigenvalue weighted by Gasteiger charge is 2.36. The number of carbonyl (C=O) groups excluding carboxylic acids is 2. The number of carbonyl (C=O) groups is 2. The van der Waals surface area contributed by atoms with E-state index in [0.29, 0.717) is 24.4 Å². The van der Waals surface area contributed by atoms with Crippen molar-refractivity contribution >= 4 is 12.0 Å². The predicted molar refractivity (Wildman–Crippen MR) is 85.6 cm³/mol. The van der Waals surface area contributed by atoms with Crippen LogP contribution in [0.25, 0.3) is 0 Å². The molecule has 1 aliphatic rings. The van der Waals surface area contributed by atoms with Crippen molar-refractivity contribution in [2.24, 2.45) is 0 Å². The van der Waals surface area contributed by atoms with Gasteiger partial charge in [0.15, 0.2) is 0 Å². The maximum absolute atomic E-state index is 13.6. The van der Waals surface area contributed by atoms with Gasteiger partial charge in [0.2, 0.25) is 0 Å². The zero-order valence-corrected chi connectivity index (χ0v) is 14.0. The van der Waals surface area contributed by atoms with Crippen LogP contribution in [0.3, 0.4) is 0 Å². The maximum Gasteiger partial charge on any atom is 0.338 e. The first kappa shape index (κ1) is 17.9. The fraction of sp³-hybridized carbons (Fsp3) is 0.412. The summed E-state index contributed by atoms with van der Waals surface area (Å²) in [6.45, 7) is 4.21. The summed E-state index contributed by atoms with van der Waals surface area (Å²) in [5.74, 6) is -0.976. The first-order valence-electron chi connectivity index (χ1n) is 7.69. The zero-order chi connectivity index (χ0) is 17.7. The van der Waals surface area contributed by atoms with E-state index in [1.807, 2.05) is 0 Å². The van der Waals surface area contributed by atoms with Crippen molar-refractivity contribution in [3.8, 4) is 0 Å². The van der Waals surface area contributed by atoms with Crippen molar-refractivity contribution in [3.63, 3.8) is 0 Å². The Morgan fingerprint density at radius 2 is 2.17 bits per heavy atom. The quantitative estimate of drug-likeness (QED) is 0.810. The number of halogens is 1. The molecular weight excluding hydrogens is 315 g/mol. The molecular formula is C17H21FN2O4. The Bertz CT molecular complexity index is 660. The van der Waals surface area contributed by atoms with Crippen LogP contribution in [0.2, 0.25) is 0 Å². The van der Waals surface area contributed by atoms with E-state index in [9.17, 15) is 14.0 Å². The second-order valence-electron chi connectivity index (χ2n) is 5.30. The number of urea groups is 1. The molecule has 2 rings (SSSR count). The van der Waals surface area contributed by atoms with Crippen LogP contribution in [0.1, 0.15) is 25.5 Å². The molecule has 0 saturated carbocycles. The Hall–Kier alpha value is -2.41. The minimum atomic E-state index is -0.758. The Morgan fingerprint density at radius 3 is 2.79 bits per heavy atom. The Morgan fingerprint density at radius 1 is 1.42 bits per heavy atom. The van der Waals surface area contributed by atoms with E-state index >= 15 is 0 Å². The van der Waals surface area contributed by atoms with Crippen molar-refractivity contribution in [2.45, 2.75) is 19.9 Å². The number of hydrogen-bond donors (Lipinski definition) is 1. The second kappa shape index (κ2) is 7.92. The molecule has 6 nitrogen and oxygen atoms in total. The summed E-state index contributed by atoms with van der Waals surface area (Å²) < 4.78 is 23.7. The van der Waals surface area contributed by atoms with Crippen LogP contribution >= 0.6 is 0 Å². The molecule has 1 heterocycles. The average Bonchev–Trinajstić information content (AvgIpc) is 2.54. The topological polar surface area (TPSA) is 67.9 Å². The van der Waals surface area contributed by atoms with Crippen molar-refractivity contribution < 1.29 is 23.5 Å². The standard InChI is InChI=1S/C17H21FN2O4/c1-4-24-16(21)14-11(2)20(8-9-23-3)17(22)19-15(14)12-6-5-7-13(18)10-12/h5-7,10,15H,4,8-9H2,1-3H3,(H,19,22)/t15-/m0/s1. The van der Waals surface area contributed by atoms with Gasteiger partial charge >= 0.3 is 12.0 Å². The largest absolute Gasteiger partial charge is 0.463 e. The molecule has 1 aromatic carbocycles. The van der Waals surface area contributed by atoms with E-state index in [4.69, 9.17) is 9.47 Å². The number of allylic oxidation sites excluding steroid dienone is 1. The summed E-state index contributed by atoms with van der Waals surface area (Å²) in [6.07, 6.45) is 0. The van der Waals surface area contributed by atoms with E-state index in [0.717, 1.165) is 0 Å². The highest BCUT2D eigenvalue weighted by atomic mass is 19.1. The summed E-state index contributed by atoms with van der Waals surface area (Å²) in [5, 5.41) is 2.74. The number of amides is 2. The van der Waals surface area contributed by atoms with Crippen molar-refractivity contribution in [1.82, 2.24) is 10.2 Å². The molecule has 1 aromatic rings. The number of nitrogens with one attached hydrogen (secondary N) is 1. The molecule has 0 saturated heterocycles. The third-order valence-electron chi connectivity index (χ3n) is 3.79. The Labute approximate surface area is 140 Å². The van der Waals surface area contributed by atoms with E-state index in [2.05, 4.69) is 5.32 Å². The van der Waals surface area contributed by atoms with Crippen LogP contribution in [-0.4, -0.2) is 43.8 Å². The number of rotatable bonds is 6. The van der Waals surface area contributed by atoms with Crippen molar-refractivity contribution in [3.05, 3.63) is 46.9 Å². The van der Waals surface area contributed by atoms with E-state index in [1.165, 1.54) is 30.2 Å². The van der Waals surface area contributed by atoms with Crippen molar-refractivity contribution in [2.75, 3.05) is 26.9 Å². The van der Waals surface area contributed by atoms with Gasteiger partial charge in [0, 0.05) is 12.8 Å². The molecule has 1 atom stereocenters. The number of hydrogen-bond acceptors (Lipinski definition) is 4. The molecule has 0 aliphatic carbocycles. The number of benzene rings is 1. The Balaban J connectivity index is 2.47. The first-order valence-corrected chi connectivity index (χ1v) is 7.69. The lowest BCUT2D eigenvalue weighted by Crippen LogP contribution is -2.49. The van der Waals surface area contributed by atoms with Gasteiger partial charge in [-0.15, -0.1) is 0 Å². The lowest BCUT2D eigenvalue weighted by atomic mass is 9.95. The van der Waals surface area contributed by atoms with Gasteiger partial charge in [-0.1, -0.05) is 12.1 Å². The lowest BCUT2D eigenvalue weighted by molar-refractivity contribution is -0.139. The van der Waals surface area contributed by atoms with Crippen LogP contribution in [0.4, 0.5) is 9.18 Å². The zero-order valence-electron chi connectivity index (χ0n) is 14.0. The molecule has 0 aromatic heterocycles. The minimum absolute atomic E-state index is 0.206. The molecule has 0 radical (unpaired) electrons. The predicted octanol–water partition coefficient (Wildman–Crippen LogP) is 2.38. The van der Waals surface area contributed by atoms with Gasteiger partial charge in [-0.05, 0) is 31.5 Å². The fourth-order valence-corrected chi connectivity index (χ4v) is 2.64. The summed E-state index contributed by atoms with van der Waals surface area (Å²) >= 11 is 0. The second-order valence-corrected chi connectivity index (χ2v) is 5.30. The van der Waals surface area contributed by atoms with Crippen LogP contribution in [0, 0.1) is 5.82 Å². The van der Waals surface area contributed by atoms with Gasteiger partial charge in [-0.2, -0.15) is 0 Å². The van der Waals surface area contributed by atoms with Crippen LogP contribution in [-0.2, 0) is 14.3 Å². The van der Waals surface area contributed by atoms with Gasteiger partial charge in [0.05, 0.1) is 31.4 Å². The van der Waals surface area contributed by atoms with Gasteiger partial charge in [-0.3, -0.25) is 4.90 Å². The van der Waals surface area contributed by atoms with E-state index in [1.54, 1.807) is 19.9 Å².